The zero-order valence-corrected chi connectivity index (χ0v) is 21.0. The highest BCUT2D eigenvalue weighted by molar-refractivity contribution is 7.98. The molecule has 196 valence electrons. The number of allylic oxidation sites excluding steroid dienone is 2. The number of hydrogen-bond acceptors (Lipinski definition) is 6. The third kappa shape index (κ3) is 7.16. The van der Waals surface area contributed by atoms with Crippen LogP contribution in [0.4, 0.5) is 18.9 Å². The summed E-state index contributed by atoms with van der Waals surface area (Å²) in [6, 6.07) is 12.4. The maximum atomic E-state index is 13.4. The summed E-state index contributed by atoms with van der Waals surface area (Å²) >= 11 is 1.52. The number of esters is 1. The van der Waals surface area contributed by atoms with E-state index in [4.69, 9.17) is 4.74 Å². The molecule has 0 aromatic heterocycles. The summed E-state index contributed by atoms with van der Waals surface area (Å²) < 4.78 is 45.0. The molecule has 11 heteroatoms. The van der Waals surface area contributed by atoms with Crippen molar-refractivity contribution in [1.82, 2.24) is 10.6 Å². The van der Waals surface area contributed by atoms with Crippen molar-refractivity contribution in [3.8, 4) is 11.1 Å². The highest BCUT2D eigenvalue weighted by Gasteiger charge is 2.37. The molecular formula is C26H26F3N3O4S. The first-order chi connectivity index (χ1) is 17.7. The van der Waals surface area contributed by atoms with Crippen LogP contribution in [-0.4, -0.2) is 55.7 Å². The van der Waals surface area contributed by atoms with Crippen LogP contribution in [0.15, 0.2) is 72.0 Å². The van der Waals surface area contributed by atoms with E-state index in [0.717, 1.165) is 12.3 Å². The predicted molar refractivity (Wildman–Crippen MR) is 137 cm³/mol. The molecule has 2 aromatic rings. The summed E-state index contributed by atoms with van der Waals surface area (Å²) in [7, 11) is 1.24. The molecule has 1 heterocycles. The van der Waals surface area contributed by atoms with E-state index in [1.807, 2.05) is 6.26 Å². The Kier molecular flexibility index (Phi) is 9.40. The molecular weight excluding hydrogens is 507 g/mol. The summed E-state index contributed by atoms with van der Waals surface area (Å²) in [6.45, 7) is -0.284. The SMILES string of the molecule is COC(=O)[C@H](CCSC)NC(=O)c1ccc(NC(=O)C2=C(C(F)(F)F)C=CNC2)cc1-c1ccccc1. The molecule has 1 atom stereocenters. The van der Waals surface area contributed by atoms with Crippen molar-refractivity contribution in [3.63, 3.8) is 0 Å². The Labute approximate surface area is 216 Å². The molecule has 1 aliphatic heterocycles. The van der Waals surface area contributed by atoms with Gasteiger partial charge in [-0.2, -0.15) is 24.9 Å². The van der Waals surface area contributed by atoms with E-state index in [1.54, 1.807) is 30.3 Å². The lowest BCUT2D eigenvalue weighted by Crippen LogP contribution is -2.42. The number of benzene rings is 2. The minimum atomic E-state index is -4.69. The van der Waals surface area contributed by atoms with Gasteiger partial charge in [-0.15, -0.1) is 0 Å². The lowest BCUT2D eigenvalue weighted by Gasteiger charge is -2.20. The number of carbonyl (C=O) groups excluding carboxylic acids is 3. The molecule has 2 amide bonds. The second kappa shape index (κ2) is 12.5. The van der Waals surface area contributed by atoms with Crippen molar-refractivity contribution in [2.24, 2.45) is 0 Å². The van der Waals surface area contributed by atoms with Crippen LogP contribution in [0.3, 0.4) is 0 Å². The van der Waals surface area contributed by atoms with E-state index in [2.05, 4.69) is 16.0 Å². The van der Waals surface area contributed by atoms with Gasteiger partial charge >= 0.3 is 12.1 Å². The van der Waals surface area contributed by atoms with Crippen molar-refractivity contribution in [2.45, 2.75) is 18.6 Å². The number of carbonyl (C=O) groups is 3. The third-order valence-electron chi connectivity index (χ3n) is 5.56. The lowest BCUT2D eigenvalue weighted by atomic mass is 9.97. The number of ether oxygens (including phenoxy) is 1. The number of anilines is 1. The molecule has 0 spiro atoms. The molecule has 0 unspecified atom stereocenters. The molecule has 0 saturated heterocycles. The molecule has 0 radical (unpaired) electrons. The van der Waals surface area contributed by atoms with Crippen LogP contribution >= 0.6 is 11.8 Å². The van der Waals surface area contributed by atoms with E-state index in [-0.39, 0.29) is 17.8 Å². The normalized spacial score (nSPS) is 14.0. The Bertz CT molecular complexity index is 1210. The van der Waals surface area contributed by atoms with Crippen molar-refractivity contribution >= 4 is 35.2 Å². The molecule has 0 bridgehead atoms. The average Bonchev–Trinajstić information content (AvgIpc) is 2.90. The first kappa shape index (κ1) is 27.9. The zero-order valence-electron chi connectivity index (χ0n) is 20.1. The first-order valence-corrected chi connectivity index (χ1v) is 12.6. The number of halogens is 3. The molecule has 7 nitrogen and oxygen atoms in total. The van der Waals surface area contributed by atoms with Gasteiger partial charge in [-0.25, -0.2) is 4.79 Å². The standard InChI is InChI=1S/C26H26F3N3O4S/c1-36-25(35)22(11-13-37-2)32-23(33)18-9-8-17(14-19(18)16-6-4-3-5-7-16)31-24(34)20-15-30-12-10-21(20)26(27,28)29/h3-10,12,14,22,30H,11,13,15H2,1-2H3,(H,31,34)(H,32,33)/t22-/m0/s1. The Morgan fingerprint density at radius 2 is 1.84 bits per heavy atom. The Balaban J connectivity index is 1.95. The average molecular weight is 534 g/mol. The molecule has 2 aromatic carbocycles. The highest BCUT2D eigenvalue weighted by atomic mass is 32.2. The molecule has 0 fully saturated rings. The van der Waals surface area contributed by atoms with Crippen LogP contribution in [0, 0.1) is 0 Å². The van der Waals surface area contributed by atoms with Gasteiger partial charge < -0.3 is 20.7 Å². The number of amides is 2. The van der Waals surface area contributed by atoms with Crippen molar-refractivity contribution in [2.75, 3.05) is 31.0 Å². The predicted octanol–water partition coefficient (Wildman–Crippen LogP) is 4.29. The summed E-state index contributed by atoms with van der Waals surface area (Å²) in [5.74, 6) is -1.40. The van der Waals surface area contributed by atoms with Crippen LogP contribution in [-0.2, 0) is 14.3 Å². The number of nitrogens with one attached hydrogen (secondary N) is 3. The summed E-state index contributed by atoms with van der Waals surface area (Å²) in [5.41, 5.74) is 0.0153. The van der Waals surface area contributed by atoms with Crippen molar-refractivity contribution < 1.29 is 32.3 Å². The van der Waals surface area contributed by atoms with Gasteiger partial charge in [0.1, 0.15) is 6.04 Å². The van der Waals surface area contributed by atoms with Crippen LogP contribution in [0.2, 0.25) is 0 Å². The van der Waals surface area contributed by atoms with Gasteiger partial charge in [0.05, 0.1) is 12.7 Å². The van der Waals surface area contributed by atoms with Crippen LogP contribution in [0.5, 0.6) is 0 Å². The van der Waals surface area contributed by atoms with Gasteiger partial charge in [0.25, 0.3) is 11.8 Å². The maximum absolute atomic E-state index is 13.4. The molecule has 3 N–H and O–H groups in total. The number of dihydropyridines is 1. The van der Waals surface area contributed by atoms with Crippen LogP contribution < -0.4 is 16.0 Å². The number of rotatable bonds is 9. The Hall–Kier alpha value is -3.73. The second-order valence-corrected chi connectivity index (χ2v) is 9.00. The highest BCUT2D eigenvalue weighted by Crippen LogP contribution is 2.32. The van der Waals surface area contributed by atoms with Gasteiger partial charge in [0.15, 0.2) is 0 Å². The maximum Gasteiger partial charge on any atom is 0.416 e. The summed E-state index contributed by atoms with van der Waals surface area (Å²) in [6.07, 6.45) is -0.482. The molecule has 1 aliphatic rings. The third-order valence-corrected chi connectivity index (χ3v) is 6.20. The number of alkyl halides is 3. The van der Waals surface area contributed by atoms with E-state index < -0.39 is 41.1 Å². The minimum Gasteiger partial charge on any atom is -0.467 e. The van der Waals surface area contributed by atoms with E-state index in [0.29, 0.717) is 23.3 Å². The fraction of sp³-hybridized carbons (Fsp3) is 0.269. The molecule has 37 heavy (non-hydrogen) atoms. The van der Waals surface area contributed by atoms with Gasteiger partial charge in [-0.05, 0) is 60.0 Å². The minimum absolute atomic E-state index is 0.205. The number of hydrogen-bond donors (Lipinski definition) is 3. The largest absolute Gasteiger partial charge is 0.467 e. The van der Waals surface area contributed by atoms with E-state index in [1.165, 1.54) is 37.1 Å². The Morgan fingerprint density at radius 3 is 2.49 bits per heavy atom. The first-order valence-electron chi connectivity index (χ1n) is 11.2. The summed E-state index contributed by atoms with van der Waals surface area (Å²) in [5, 5.41) is 7.83. The van der Waals surface area contributed by atoms with Gasteiger partial charge in [-0.3, -0.25) is 9.59 Å². The quantitative estimate of drug-likeness (QED) is 0.416. The Morgan fingerprint density at radius 1 is 1.11 bits per heavy atom. The van der Waals surface area contributed by atoms with Gasteiger partial charge in [0, 0.05) is 23.4 Å². The van der Waals surface area contributed by atoms with Crippen LogP contribution in [0.25, 0.3) is 11.1 Å². The summed E-state index contributed by atoms with van der Waals surface area (Å²) in [4.78, 5) is 38.1. The molecule has 3 rings (SSSR count). The molecule has 0 saturated carbocycles. The van der Waals surface area contributed by atoms with E-state index in [9.17, 15) is 27.6 Å². The van der Waals surface area contributed by atoms with Crippen molar-refractivity contribution in [3.05, 3.63) is 77.5 Å². The van der Waals surface area contributed by atoms with Crippen LogP contribution in [0.1, 0.15) is 16.8 Å². The smallest absolute Gasteiger partial charge is 0.416 e. The zero-order chi connectivity index (χ0) is 27.0. The second-order valence-electron chi connectivity index (χ2n) is 8.02. The fourth-order valence-corrected chi connectivity index (χ4v) is 4.18. The topological polar surface area (TPSA) is 96.5 Å². The van der Waals surface area contributed by atoms with Gasteiger partial charge in [0.2, 0.25) is 0 Å². The van der Waals surface area contributed by atoms with Crippen molar-refractivity contribution in [1.29, 1.82) is 0 Å². The fourth-order valence-electron chi connectivity index (χ4n) is 3.71. The number of methoxy groups -OCH3 is 1. The lowest BCUT2D eigenvalue weighted by molar-refractivity contribution is -0.142. The van der Waals surface area contributed by atoms with E-state index >= 15 is 0 Å². The molecule has 0 aliphatic carbocycles. The van der Waals surface area contributed by atoms with Gasteiger partial charge in [-0.1, -0.05) is 30.3 Å². The number of thioether (sulfide) groups is 1. The monoisotopic (exact) mass is 533 g/mol.